The molecule has 0 aromatic rings. The zero-order valence-electron chi connectivity index (χ0n) is 9.18. The van der Waals surface area contributed by atoms with Gasteiger partial charge in [-0.2, -0.15) is 0 Å². The minimum atomic E-state index is -1.36. The normalized spacial score (nSPS) is 27.5. The summed E-state index contributed by atoms with van der Waals surface area (Å²) in [7, 11) is 0. The minimum Gasteiger partial charge on any atom is -0.450 e. The monoisotopic (exact) mass is 233 g/mol. The van der Waals surface area contributed by atoms with Crippen molar-refractivity contribution in [2.75, 3.05) is 0 Å². The van der Waals surface area contributed by atoms with Crippen molar-refractivity contribution in [3.63, 3.8) is 0 Å². The Labute approximate surface area is 92.8 Å². The fourth-order valence-electron chi connectivity index (χ4n) is 1.84. The average molecular weight is 233 g/mol. The Bertz CT molecular complexity index is 290. The van der Waals surface area contributed by atoms with Gasteiger partial charge in [0.25, 0.3) is 0 Å². The van der Waals surface area contributed by atoms with Gasteiger partial charge in [0.1, 0.15) is 0 Å². The number of hydrogen-bond donors (Lipinski definition) is 1. The van der Waals surface area contributed by atoms with Crippen molar-refractivity contribution in [2.45, 2.75) is 43.5 Å². The molecule has 0 aliphatic carbocycles. The van der Waals surface area contributed by atoms with Crippen LogP contribution in [0, 0.1) is 0 Å². The minimum absolute atomic E-state index is 0.442. The number of rotatable bonds is 2. The summed E-state index contributed by atoms with van der Waals surface area (Å²) in [5.74, 6) is 0. The first-order valence-electron chi connectivity index (χ1n) is 4.54. The van der Waals surface area contributed by atoms with Gasteiger partial charge in [-0.25, -0.2) is 4.79 Å². The molecule has 1 fully saturated rings. The smallest absolute Gasteiger partial charge is 0.450 e. The van der Waals surface area contributed by atoms with E-state index in [-0.39, 0.29) is 0 Å². The van der Waals surface area contributed by atoms with Crippen molar-refractivity contribution < 1.29 is 19.4 Å². The van der Waals surface area contributed by atoms with Gasteiger partial charge in [0.2, 0.25) is 6.41 Å². The maximum atomic E-state index is 10.9. The van der Waals surface area contributed by atoms with Crippen LogP contribution in [-0.4, -0.2) is 38.4 Å². The Hall–Kier alpha value is -0.910. The Morgan fingerprint density at radius 3 is 2.40 bits per heavy atom. The average Bonchev–Trinajstić information content (AvgIpc) is 2.15. The molecule has 1 heterocycles. The number of amides is 1. The van der Waals surface area contributed by atoms with E-state index in [1.807, 2.05) is 27.7 Å². The number of hydrogen-bond acceptors (Lipinski definition) is 4. The largest absolute Gasteiger partial charge is 0.507 e. The Morgan fingerprint density at radius 1 is 1.47 bits per heavy atom. The highest BCUT2D eigenvalue weighted by Gasteiger charge is 2.53. The van der Waals surface area contributed by atoms with E-state index in [1.54, 1.807) is 0 Å². The van der Waals surface area contributed by atoms with Gasteiger partial charge in [-0.3, -0.25) is 9.69 Å². The quantitative estimate of drug-likeness (QED) is 0.581. The molecule has 15 heavy (non-hydrogen) atoms. The molecule has 0 aromatic carbocycles. The molecular formula is C9H15NO4S. The molecule has 1 saturated heterocycles. The molecule has 1 aliphatic heterocycles. The molecule has 1 unspecified atom stereocenters. The van der Waals surface area contributed by atoms with Crippen LogP contribution >= 0.6 is 11.8 Å². The molecule has 0 spiro atoms. The van der Waals surface area contributed by atoms with Crippen molar-refractivity contribution in [1.82, 2.24) is 4.90 Å². The molecule has 1 atom stereocenters. The Kier molecular flexibility index (Phi) is 2.91. The zero-order chi connectivity index (χ0) is 11.9. The third-order valence-electron chi connectivity index (χ3n) is 2.31. The summed E-state index contributed by atoms with van der Waals surface area (Å²) in [6.45, 7) is 7.44. The SMILES string of the molecule is CC1(C)SC(C)(C)N(C=O)C1OC(=O)O. The molecule has 1 rings (SSSR count). The first-order chi connectivity index (χ1) is 6.70. The molecule has 0 aromatic heterocycles. The van der Waals surface area contributed by atoms with Crippen molar-refractivity contribution in [1.29, 1.82) is 0 Å². The second-order valence-corrected chi connectivity index (χ2v) is 6.66. The Balaban J connectivity index is 2.99. The predicted molar refractivity (Wildman–Crippen MR) is 56.5 cm³/mol. The van der Waals surface area contributed by atoms with E-state index < -0.39 is 22.0 Å². The molecule has 0 saturated carbocycles. The van der Waals surface area contributed by atoms with E-state index in [0.29, 0.717) is 6.41 Å². The van der Waals surface area contributed by atoms with Gasteiger partial charge in [0.05, 0.1) is 9.62 Å². The second kappa shape index (κ2) is 3.59. The number of carboxylic acid groups (broad SMARTS) is 1. The van der Waals surface area contributed by atoms with Gasteiger partial charge in [-0.15, -0.1) is 11.8 Å². The highest BCUT2D eigenvalue weighted by Crippen LogP contribution is 2.50. The lowest BCUT2D eigenvalue weighted by Gasteiger charge is -2.30. The van der Waals surface area contributed by atoms with Crippen molar-refractivity contribution in [2.24, 2.45) is 0 Å². The lowest BCUT2D eigenvalue weighted by atomic mass is 10.1. The van der Waals surface area contributed by atoms with E-state index in [0.717, 1.165) is 0 Å². The molecule has 5 nitrogen and oxygen atoms in total. The summed E-state index contributed by atoms with van der Waals surface area (Å²) in [5, 5.41) is 8.62. The van der Waals surface area contributed by atoms with Crippen LogP contribution in [0.3, 0.4) is 0 Å². The summed E-state index contributed by atoms with van der Waals surface area (Å²) < 4.78 is 4.31. The van der Waals surface area contributed by atoms with Crippen LogP contribution < -0.4 is 0 Å². The van der Waals surface area contributed by atoms with Gasteiger partial charge in [0.15, 0.2) is 6.23 Å². The number of ether oxygens (including phenoxy) is 1. The highest BCUT2D eigenvalue weighted by atomic mass is 32.2. The van der Waals surface area contributed by atoms with Crippen LogP contribution in [-0.2, 0) is 9.53 Å². The number of carbonyl (C=O) groups excluding carboxylic acids is 1. The molecule has 1 N–H and O–H groups in total. The second-order valence-electron chi connectivity index (χ2n) is 4.40. The first-order valence-corrected chi connectivity index (χ1v) is 5.36. The molecular weight excluding hydrogens is 218 g/mol. The van der Waals surface area contributed by atoms with Gasteiger partial charge >= 0.3 is 6.16 Å². The zero-order valence-corrected chi connectivity index (χ0v) is 10.00. The van der Waals surface area contributed by atoms with Crippen molar-refractivity contribution >= 4 is 24.3 Å². The maximum absolute atomic E-state index is 10.9. The molecule has 1 amide bonds. The standard InChI is InChI=1S/C9H15NO4S/c1-8(2)6(14-7(12)13)10(5-11)9(3,4)15-8/h5-6H,1-4H3,(H,12,13). The number of thioether (sulfide) groups is 1. The number of nitrogens with zero attached hydrogens (tertiary/aromatic N) is 1. The molecule has 1 aliphatic rings. The van der Waals surface area contributed by atoms with Gasteiger partial charge in [-0.1, -0.05) is 0 Å². The van der Waals surface area contributed by atoms with E-state index in [9.17, 15) is 9.59 Å². The van der Waals surface area contributed by atoms with E-state index in [2.05, 4.69) is 0 Å². The van der Waals surface area contributed by atoms with Crippen LogP contribution in [0.4, 0.5) is 4.79 Å². The summed E-state index contributed by atoms with van der Waals surface area (Å²) >= 11 is 1.51. The van der Waals surface area contributed by atoms with E-state index >= 15 is 0 Å². The van der Waals surface area contributed by atoms with Crippen LogP contribution in [0.15, 0.2) is 0 Å². The fourth-order valence-corrected chi connectivity index (χ4v) is 3.63. The van der Waals surface area contributed by atoms with Crippen LogP contribution in [0.25, 0.3) is 0 Å². The van der Waals surface area contributed by atoms with E-state index in [4.69, 9.17) is 9.84 Å². The van der Waals surface area contributed by atoms with Crippen molar-refractivity contribution in [3.8, 4) is 0 Å². The third-order valence-corrected chi connectivity index (χ3v) is 3.75. The molecule has 86 valence electrons. The topological polar surface area (TPSA) is 66.8 Å². The van der Waals surface area contributed by atoms with Crippen LogP contribution in [0.5, 0.6) is 0 Å². The maximum Gasteiger partial charge on any atom is 0.507 e. The lowest BCUT2D eigenvalue weighted by molar-refractivity contribution is -0.133. The summed E-state index contributed by atoms with van der Waals surface area (Å²) in [4.78, 5) is 22.4. The summed E-state index contributed by atoms with van der Waals surface area (Å²) in [6, 6.07) is 0. The molecule has 0 radical (unpaired) electrons. The summed E-state index contributed by atoms with van der Waals surface area (Å²) in [6.07, 6.45) is -1.47. The van der Waals surface area contributed by atoms with E-state index in [1.165, 1.54) is 16.7 Å². The number of carbonyl (C=O) groups is 2. The highest BCUT2D eigenvalue weighted by molar-refractivity contribution is 8.02. The van der Waals surface area contributed by atoms with Crippen molar-refractivity contribution in [3.05, 3.63) is 0 Å². The van der Waals surface area contributed by atoms with Gasteiger partial charge < -0.3 is 9.84 Å². The summed E-state index contributed by atoms with van der Waals surface area (Å²) in [5.41, 5.74) is 0. The Morgan fingerprint density at radius 2 is 2.00 bits per heavy atom. The third kappa shape index (κ3) is 2.19. The molecule has 0 bridgehead atoms. The van der Waals surface area contributed by atoms with Gasteiger partial charge in [-0.05, 0) is 27.7 Å². The lowest BCUT2D eigenvalue weighted by Crippen LogP contribution is -2.47. The predicted octanol–water partition coefficient (Wildman–Crippen LogP) is 1.73. The first kappa shape index (κ1) is 12.2. The van der Waals surface area contributed by atoms with Crippen LogP contribution in [0.2, 0.25) is 0 Å². The fraction of sp³-hybridized carbons (Fsp3) is 0.778. The van der Waals surface area contributed by atoms with Gasteiger partial charge in [0, 0.05) is 0 Å². The van der Waals surface area contributed by atoms with Crippen LogP contribution in [0.1, 0.15) is 27.7 Å². The molecule has 6 heteroatoms.